The van der Waals surface area contributed by atoms with Gasteiger partial charge in [-0.25, -0.2) is 0 Å². The van der Waals surface area contributed by atoms with Crippen LogP contribution in [-0.2, 0) is 14.3 Å². The standard InChI is InChI=1S/C14H26N2O3/c1-3-13(14(17)19-10-9-18-4-2)16-8-6-5-7-12(16)11-15/h5,7,12-13H,3-4,6,8-11,15H2,1-2H3. The SMILES string of the molecule is CCOCCOC(=O)C(CC)N1CCC=CC1CN. The number of hydrogen-bond acceptors (Lipinski definition) is 5. The van der Waals surface area contributed by atoms with E-state index in [1.807, 2.05) is 13.8 Å². The number of hydrogen-bond donors (Lipinski definition) is 1. The van der Waals surface area contributed by atoms with Gasteiger partial charge in [0.15, 0.2) is 0 Å². The molecular weight excluding hydrogens is 244 g/mol. The monoisotopic (exact) mass is 270 g/mol. The van der Waals surface area contributed by atoms with Gasteiger partial charge in [0.1, 0.15) is 12.6 Å². The molecule has 5 heteroatoms. The van der Waals surface area contributed by atoms with Gasteiger partial charge in [0, 0.05) is 25.7 Å². The Morgan fingerprint density at radius 2 is 2.26 bits per heavy atom. The molecule has 1 rings (SSSR count). The van der Waals surface area contributed by atoms with Crippen LogP contribution in [0.1, 0.15) is 26.7 Å². The van der Waals surface area contributed by atoms with Crippen molar-refractivity contribution in [3.63, 3.8) is 0 Å². The summed E-state index contributed by atoms with van der Waals surface area (Å²) in [7, 11) is 0. The first kappa shape index (κ1) is 16.1. The maximum Gasteiger partial charge on any atom is 0.323 e. The molecule has 0 aromatic carbocycles. The topological polar surface area (TPSA) is 64.8 Å². The van der Waals surface area contributed by atoms with Crippen molar-refractivity contribution in [3.05, 3.63) is 12.2 Å². The highest BCUT2D eigenvalue weighted by Crippen LogP contribution is 2.16. The Morgan fingerprint density at radius 3 is 2.89 bits per heavy atom. The second-order valence-corrected chi connectivity index (χ2v) is 4.55. The first-order valence-corrected chi connectivity index (χ1v) is 7.11. The number of esters is 1. The van der Waals surface area contributed by atoms with Crippen molar-refractivity contribution >= 4 is 5.97 Å². The van der Waals surface area contributed by atoms with Crippen LogP contribution in [0.4, 0.5) is 0 Å². The second-order valence-electron chi connectivity index (χ2n) is 4.55. The molecule has 2 atom stereocenters. The van der Waals surface area contributed by atoms with Gasteiger partial charge >= 0.3 is 5.97 Å². The van der Waals surface area contributed by atoms with Gasteiger partial charge in [-0.1, -0.05) is 19.1 Å². The van der Waals surface area contributed by atoms with E-state index in [0.717, 1.165) is 19.4 Å². The quantitative estimate of drug-likeness (QED) is 0.404. The number of carbonyl (C=O) groups is 1. The lowest BCUT2D eigenvalue weighted by Gasteiger charge is -2.36. The van der Waals surface area contributed by atoms with Crippen molar-refractivity contribution in [1.82, 2.24) is 4.90 Å². The predicted octanol–water partition coefficient (Wildman–Crippen LogP) is 0.934. The van der Waals surface area contributed by atoms with E-state index < -0.39 is 0 Å². The number of nitrogens with zero attached hydrogens (tertiary/aromatic N) is 1. The zero-order valence-corrected chi connectivity index (χ0v) is 12.0. The van der Waals surface area contributed by atoms with Crippen LogP contribution in [0.3, 0.4) is 0 Å². The van der Waals surface area contributed by atoms with Gasteiger partial charge in [0.25, 0.3) is 0 Å². The maximum atomic E-state index is 12.1. The molecule has 1 aliphatic rings. The van der Waals surface area contributed by atoms with Crippen LogP contribution < -0.4 is 5.73 Å². The highest BCUT2D eigenvalue weighted by atomic mass is 16.6. The van der Waals surface area contributed by atoms with E-state index in [2.05, 4.69) is 17.1 Å². The van der Waals surface area contributed by atoms with E-state index in [-0.39, 0.29) is 18.1 Å². The normalized spacial score (nSPS) is 21.3. The summed E-state index contributed by atoms with van der Waals surface area (Å²) in [5.41, 5.74) is 5.76. The Labute approximate surface area is 115 Å². The van der Waals surface area contributed by atoms with E-state index >= 15 is 0 Å². The molecule has 19 heavy (non-hydrogen) atoms. The molecule has 1 heterocycles. The zero-order valence-electron chi connectivity index (χ0n) is 12.0. The molecule has 0 saturated carbocycles. The lowest BCUT2D eigenvalue weighted by Crippen LogP contribution is -2.51. The molecule has 5 nitrogen and oxygen atoms in total. The lowest BCUT2D eigenvalue weighted by atomic mass is 10.0. The zero-order chi connectivity index (χ0) is 14.1. The molecule has 0 fully saturated rings. The Hall–Kier alpha value is -0.910. The van der Waals surface area contributed by atoms with Crippen LogP contribution in [0.25, 0.3) is 0 Å². The van der Waals surface area contributed by atoms with Crippen LogP contribution in [0.2, 0.25) is 0 Å². The summed E-state index contributed by atoms with van der Waals surface area (Å²) < 4.78 is 10.4. The summed E-state index contributed by atoms with van der Waals surface area (Å²) in [6.07, 6.45) is 5.90. The molecule has 110 valence electrons. The summed E-state index contributed by atoms with van der Waals surface area (Å²) in [5, 5.41) is 0. The van der Waals surface area contributed by atoms with Gasteiger partial charge in [0.2, 0.25) is 0 Å². The molecule has 0 aromatic heterocycles. The van der Waals surface area contributed by atoms with Gasteiger partial charge in [-0.2, -0.15) is 0 Å². The summed E-state index contributed by atoms with van der Waals surface area (Å²) >= 11 is 0. The Morgan fingerprint density at radius 1 is 1.47 bits per heavy atom. The predicted molar refractivity (Wildman–Crippen MR) is 74.8 cm³/mol. The van der Waals surface area contributed by atoms with Crippen molar-refractivity contribution in [2.45, 2.75) is 38.8 Å². The number of ether oxygens (including phenoxy) is 2. The van der Waals surface area contributed by atoms with E-state index in [1.54, 1.807) is 0 Å². The number of carbonyl (C=O) groups excluding carboxylic acids is 1. The minimum absolute atomic E-state index is 0.137. The third-order valence-corrected chi connectivity index (χ3v) is 3.31. The molecule has 0 saturated heterocycles. The number of rotatable bonds is 8. The van der Waals surface area contributed by atoms with Crippen molar-refractivity contribution in [2.24, 2.45) is 5.73 Å². The van der Waals surface area contributed by atoms with Gasteiger partial charge in [-0.15, -0.1) is 0 Å². The lowest BCUT2D eigenvalue weighted by molar-refractivity contribution is -0.152. The molecule has 0 aliphatic carbocycles. The summed E-state index contributed by atoms with van der Waals surface area (Å²) in [4.78, 5) is 14.3. The van der Waals surface area contributed by atoms with E-state index in [9.17, 15) is 4.79 Å². The number of nitrogens with two attached hydrogens (primary N) is 1. The van der Waals surface area contributed by atoms with Crippen LogP contribution >= 0.6 is 0 Å². The van der Waals surface area contributed by atoms with Crippen LogP contribution in [-0.4, -0.2) is 55.9 Å². The average molecular weight is 270 g/mol. The smallest absolute Gasteiger partial charge is 0.323 e. The molecule has 0 aromatic rings. The van der Waals surface area contributed by atoms with Crippen molar-refractivity contribution in [2.75, 3.05) is 32.9 Å². The molecule has 2 N–H and O–H groups in total. The van der Waals surface area contributed by atoms with E-state index in [1.165, 1.54) is 0 Å². The third kappa shape index (κ3) is 4.93. The minimum Gasteiger partial charge on any atom is -0.462 e. The van der Waals surface area contributed by atoms with Crippen LogP contribution in [0.15, 0.2) is 12.2 Å². The Bertz CT molecular complexity index is 294. The molecule has 0 bridgehead atoms. The third-order valence-electron chi connectivity index (χ3n) is 3.31. The fraction of sp³-hybridized carbons (Fsp3) is 0.786. The van der Waals surface area contributed by atoms with E-state index in [0.29, 0.717) is 26.4 Å². The second kappa shape index (κ2) is 9.07. The summed E-state index contributed by atoms with van der Waals surface area (Å²) in [6.45, 7) is 6.72. The molecule has 0 spiro atoms. The largest absolute Gasteiger partial charge is 0.462 e. The molecular formula is C14H26N2O3. The van der Waals surface area contributed by atoms with Crippen molar-refractivity contribution in [3.8, 4) is 0 Å². The highest BCUT2D eigenvalue weighted by Gasteiger charge is 2.30. The summed E-state index contributed by atoms with van der Waals surface area (Å²) in [6, 6.07) is -0.0710. The molecule has 0 amide bonds. The fourth-order valence-corrected chi connectivity index (χ4v) is 2.33. The Kier molecular flexibility index (Phi) is 7.70. The van der Waals surface area contributed by atoms with Crippen molar-refractivity contribution in [1.29, 1.82) is 0 Å². The fourth-order valence-electron chi connectivity index (χ4n) is 2.33. The van der Waals surface area contributed by atoms with Gasteiger partial charge < -0.3 is 15.2 Å². The molecule has 0 radical (unpaired) electrons. The van der Waals surface area contributed by atoms with Gasteiger partial charge in [-0.05, 0) is 19.8 Å². The summed E-state index contributed by atoms with van der Waals surface area (Å²) in [5.74, 6) is -0.170. The first-order chi connectivity index (χ1) is 9.24. The molecule has 2 unspecified atom stereocenters. The van der Waals surface area contributed by atoms with Crippen LogP contribution in [0, 0.1) is 0 Å². The average Bonchev–Trinajstić information content (AvgIpc) is 2.45. The first-order valence-electron chi connectivity index (χ1n) is 7.11. The maximum absolute atomic E-state index is 12.1. The highest BCUT2D eigenvalue weighted by molar-refractivity contribution is 5.75. The van der Waals surface area contributed by atoms with Gasteiger partial charge in [0.05, 0.1) is 6.61 Å². The van der Waals surface area contributed by atoms with Crippen LogP contribution in [0.5, 0.6) is 0 Å². The van der Waals surface area contributed by atoms with Crippen molar-refractivity contribution < 1.29 is 14.3 Å². The molecule has 1 aliphatic heterocycles. The minimum atomic E-state index is -0.208. The van der Waals surface area contributed by atoms with Gasteiger partial charge in [-0.3, -0.25) is 9.69 Å². The Balaban J connectivity index is 2.50. The van der Waals surface area contributed by atoms with E-state index in [4.69, 9.17) is 15.2 Å².